The van der Waals surface area contributed by atoms with Gasteiger partial charge < -0.3 is 5.32 Å². The number of anilines is 1. The lowest BCUT2D eigenvalue weighted by Crippen LogP contribution is -2.34. The molecule has 2 aromatic rings. The molecule has 1 saturated carbocycles. The van der Waals surface area contributed by atoms with Gasteiger partial charge in [-0.25, -0.2) is 8.42 Å². The van der Waals surface area contributed by atoms with Crippen molar-refractivity contribution in [2.75, 3.05) is 18.9 Å². The van der Waals surface area contributed by atoms with E-state index in [1.165, 1.54) is 22.0 Å². The first-order chi connectivity index (χ1) is 13.8. The molecule has 29 heavy (non-hydrogen) atoms. The summed E-state index contributed by atoms with van der Waals surface area (Å²) in [5.74, 6) is -0.0947. The van der Waals surface area contributed by atoms with E-state index in [4.69, 9.17) is 0 Å². The van der Waals surface area contributed by atoms with Crippen LogP contribution in [-0.2, 0) is 21.4 Å². The molecule has 1 N–H and O–H groups in total. The maximum absolute atomic E-state index is 12.5. The highest BCUT2D eigenvalue weighted by atomic mass is 32.2. The summed E-state index contributed by atoms with van der Waals surface area (Å²) >= 11 is 0. The minimum Gasteiger partial charge on any atom is -0.325 e. The predicted octanol–water partition coefficient (Wildman–Crippen LogP) is 3.32. The maximum Gasteiger partial charge on any atom is 0.243 e. The maximum atomic E-state index is 12.5. The van der Waals surface area contributed by atoms with Crippen LogP contribution in [0.1, 0.15) is 32.3 Å². The number of rotatable bonds is 9. The molecule has 1 aliphatic rings. The molecular weight excluding hydrogens is 386 g/mol. The third-order valence-corrected chi connectivity index (χ3v) is 7.23. The molecule has 0 radical (unpaired) electrons. The Morgan fingerprint density at radius 1 is 1.07 bits per heavy atom. The van der Waals surface area contributed by atoms with E-state index >= 15 is 0 Å². The summed E-state index contributed by atoms with van der Waals surface area (Å²) in [5.41, 5.74) is 1.78. The molecular formula is C22H29N3O3S. The molecule has 0 aliphatic heterocycles. The normalized spacial score (nSPS) is 14.6. The third-order valence-electron chi connectivity index (χ3n) is 5.18. The van der Waals surface area contributed by atoms with Crippen LogP contribution in [0.15, 0.2) is 59.5 Å². The van der Waals surface area contributed by atoms with Crippen molar-refractivity contribution in [3.05, 3.63) is 60.2 Å². The van der Waals surface area contributed by atoms with Crippen LogP contribution in [0.5, 0.6) is 0 Å². The second kappa shape index (κ2) is 9.07. The summed E-state index contributed by atoms with van der Waals surface area (Å²) < 4.78 is 26.4. The van der Waals surface area contributed by atoms with Crippen LogP contribution >= 0.6 is 0 Å². The second-order valence-corrected chi connectivity index (χ2v) is 9.81. The molecule has 0 unspecified atom stereocenters. The fourth-order valence-electron chi connectivity index (χ4n) is 3.11. The van der Waals surface area contributed by atoms with Crippen LogP contribution in [-0.4, -0.2) is 49.2 Å². The highest BCUT2D eigenvalue weighted by Crippen LogP contribution is 2.28. The first-order valence-electron chi connectivity index (χ1n) is 9.93. The number of hydrogen-bond acceptors (Lipinski definition) is 4. The van der Waals surface area contributed by atoms with Gasteiger partial charge >= 0.3 is 0 Å². The number of nitrogens with one attached hydrogen (secondary N) is 1. The van der Waals surface area contributed by atoms with Gasteiger partial charge in [0.1, 0.15) is 0 Å². The molecule has 0 saturated heterocycles. The van der Waals surface area contributed by atoms with Crippen LogP contribution in [0.2, 0.25) is 0 Å². The SMILES string of the molecule is CC(C)N(C)S(=O)(=O)c1ccc(NC(=O)CN(Cc2ccccc2)C2CC2)cc1. The van der Waals surface area contributed by atoms with Gasteiger partial charge in [-0.1, -0.05) is 30.3 Å². The zero-order valence-electron chi connectivity index (χ0n) is 17.2. The Hall–Kier alpha value is -2.22. The molecule has 0 atom stereocenters. The minimum absolute atomic E-state index is 0.0947. The van der Waals surface area contributed by atoms with Crippen molar-refractivity contribution in [3.8, 4) is 0 Å². The monoisotopic (exact) mass is 415 g/mol. The molecule has 1 amide bonds. The Morgan fingerprint density at radius 3 is 2.24 bits per heavy atom. The number of benzene rings is 2. The lowest BCUT2D eigenvalue weighted by molar-refractivity contribution is -0.117. The van der Waals surface area contributed by atoms with Crippen LogP contribution in [0, 0.1) is 0 Å². The van der Waals surface area contributed by atoms with Crippen molar-refractivity contribution in [1.29, 1.82) is 0 Å². The fourth-order valence-corrected chi connectivity index (χ4v) is 4.48. The Kier molecular flexibility index (Phi) is 6.72. The average Bonchev–Trinajstić information content (AvgIpc) is 3.53. The summed E-state index contributed by atoms with van der Waals surface area (Å²) in [6.45, 7) is 4.72. The molecule has 0 aromatic heterocycles. The van der Waals surface area contributed by atoms with Gasteiger partial charge in [0.05, 0.1) is 11.4 Å². The van der Waals surface area contributed by atoms with Gasteiger partial charge in [0.15, 0.2) is 0 Å². The van der Waals surface area contributed by atoms with E-state index in [2.05, 4.69) is 22.3 Å². The first kappa shape index (κ1) is 21.5. The van der Waals surface area contributed by atoms with E-state index in [0.29, 0.717) is 18.3 Å². The number of nitrogens with zero attached hydrogens (tertiary/aromatic N) is 2. The number of hydrogen-bond donors (Lipinski definition) is 1. The van der Waals surface area contributed by atoms with Crippen LogP contribution in [0.25, 0.3) is 0 Å². The topological polar surface area (TPSA) is 69.7 Å². The molecule has 6 nitrogen and oxygen atoms in total. The zero-order chi connectivity index (χ0) is 21.0. The van der Waals surface area contributed by atoms with Gasteiger partial charge in [0.2, 0.25) is 15.9 Å². The average molecular weight is 416 g/mol. The molecule has 7 heteroatoms. The predicted molar refractivity (Wildman–Crippen MR) is 115 cm³/mol. The van der Waals surface area contributed by atoms with Crippen molar-refractivity contribution in [2.24, 2.45) is 0 Å². The van der Waals surface area contributed by atoms with Crippen molar-refractivity contribution >= 4 is 21.6 Å². The molecule has 0 heterocycles. The van der Waals surface area contributed by atoms with E-state index < -0.39 is 10.0 Å². The summed E-state index contributed by atoms with van der Waals surface area (Å²) in [6.07, 6.45) is 2.24. The van der Waals surface area contributed by atoms with Gasteiger partial charge in [-0.15, -0.1) is 0 Å². The molecule has 0 bridgehead atoms. The number of carbonyl (C=O) groups excluding carboxylic acids is 1. The molecule has 1 fully saturated rings. The number of amides is 1. The van der Waals surface area contributed by atoms with E-state index in [1.54, 1.807) is 19.2 Å². The second-order valence-electron chi connectivity index (χ2n) is 7.81. The number of sulfonamides is 1. The summed E-state index contributed by atoms with van der Waals surface area (Å²) in [5, 5.41) is 2.88. The van der Waals surface area contributed by atoms with E-state index in [9.17, 15) is 13.2 Å². The Balaban J connectivity index is 1.61. The minimum atomic E-state index is -3.53. The summed E-state index contributed by atoms with van der Waals surface area (Å²) in [4.78, 5) is 15.0. The van der Waals surface area contributed by atoms with Gasteiger partial charge in [0, 0.05) is 31.4 Å². The molecule has 1 aliphatic carbocycles. The van der Waals surface area contributed by atoms with Crippen molar-refractivity contribution < 1.29 is 13.2 Å². The number of carbonyl (C=O) groups is 1. The molecule has 3 rings (SSSR count). The van der Waals surface area contributed by atoms with Gasteiger partial charge in [-0.05, 0) is 56.5 Å². The third kappa shape index (κ3) is 5.65. The largest absolute Gasteiger partial charge is 0.325 e. The molecule has 2 aromatic carbocycles. The van der Waals surface area contributed by atoms with E-state index in [-0.39, 0.29) is 16.8 Å². The van der Waals surface area contributed by atoms with Crippen molar-refractivity contribution in [3.63, 3.8) is 0 Å². The quantitative estimate of drug-likeness (QED) is 0.682. The highest BCUT2D eigenvalue weighted by Gasteiger charge is 2.30. The lowest BCUT2D eigenvalue weighted by Gasteiger charge is -2.22. The van der Waals surface area contributed by atoms with Gasteiger partial charge in [0.25, 0.3) is 0 Å². The molecule has 0 spiro atoms. The lowest BCUT2D eigenvalue weighted by atomic mass is 10.2. The van der Waals surface area contributed by atoms with Crippen molar-refractivity contribution in [1.82, 2.24) is 9.21 Å². The van der Waals surface area contributed by atoms with Crippen LogP contribution in [0.3, 0.4) is 0 Å². The van der Waals surface area contributed by atoms with Gasteiger partial charge in [-0.3, -0.25) is 9.69 Å². The summed E-state index contributed by atoms with van der Waals surface area (Å²) in [7, 11) is -1.96. The Morgan fingerprint density at radius 2 is 1.69 bits per heavy atom. The van der Waals surface area contributed by atoms with E-state index in [0.717, 1.165) is 19.4 Å². The first-order valence-corrected chi connectivity index (χ1v) is 11.4. The Labute approximate surface area is 173 Å². The van der Waals surface area contributed by atoms with E-state index in [1.807, 2.05) is 32.0 Å². The smallest absolute Gasteiger partial charge is 0.243 e. The van der Waals surface area contributed by atoms with Crippen LogP contribution < -0.4 is 5.32 Å². The van der Waals surface area contributed by atoms with Crippen molar-refractivity contribution in [2.45, 2.75) is 50.2 Å². The highest BCUT2D eigenvalue weighted by molar-refractivity contribution is 7.89. The van der Waals surface area contributed by atoms with Gasteiger partial charge in [-0.2, -0.15) is 4.31 Å². The zero-order valence-corrected chi connectivity index (χ0v) is 18.0. The van der Waals surface area contributed by atoms with Crippen LogP contribution in [0.4, 0.5) is 5.69 Å². The fraction of sp³-hybridized carbons (Fsp3) is 0.409. The Bertz CT molecular complexity index is 924. The standard InChI is InChI=1S/C22H29N3O3S/c1-17(2)24(3)29(27,28)21-13-9-19(10-14-21)23-22(26)16-25(20-11-12-20)15-18-7-5-4-6-8-18/h4-10,13-14,17,20H,11-12,15-16H2,1-3H3,(H,23,26). The molecule has 156 valence electrons. The summed E-state index contributed by atoms with van der Waals surface area (Å²) in [6, 6.07) is 16.8.